The van der Waals surface area contributed by atoms with Gasteiger partial charge in [0.05, 0.1) is 5.69 Å². The van der Waals surface area contributed by atoms with Crippen molar-refractivity contribution in [2.24, 2.45) is 0 Å². The summed E-state index contributed by atoms with van der Waals surface area (Å²) in [5.41, 5.74) is 2.00. The maximum atomic E-state index is 12.7. The van der Waals surface area contributed by atoms with Crippen LogP contribution in [0.1, 0.15) is 10.5 Å². The Labute approximate surface area is 150 Å². The van der Waals surface area contributed by atoms with Gasteiger partial charge in [0, 0.05) is 37.9 Å². The molecule has 3 aromatic rings. The van der Waals surface area contributed by atoms with Crippen LogP contribution in [0.4, 0.5) is 5.82 Å². The summed E-state index contributed by atoms with van der Waals surface area (Å²) in [6, 6.07) is 14.3. The fourth-order valence-corrected chi connectivity index (χ4v) is 3.06. The molecule has 1 amide bonds. The molecule has 0 aliphatic carbocycles. The standard InChI is InChI=1S/C19H19N5O2/c25-15-6-4-14(5-7-15)16-13-17(22-21-16)19(26)24-11-9-23(10-12-24)18-3-1-2-8-20-18/h1-8,13,25H,9-12H2,(H,21,22). The Bertz CT molecular complexity index is 884. The number of phenols is 1. The number of carbonyl (C=O) groups excluding carboxylic acids is 1. The molecule has 0 radical (unpaired) electrons. The van der Waals surface area contributed by atoms with Crippen molar-refractivity contribution in [2.45, 2.75) is 0 Å². The normalized spacial score (nSPS) is 14.5. The number of carbonyl (C=O) groups is 1. The molecule has 26 heavy (non-hydrogen) atoms. The number of nitrogens with zero attached hydrogens (tertiary/aromatic N) is 4. The van der Waals surface area contributed by atoms with Crippen LogP contribution in [-0.4, -0.2) is 57.3 Å². The maximum Gasteiger partial charge on any atom is 0.272 e. The first-order chi connectivity index (χ1) is 12.7. The lowest BCUT2D eigenvalue weighted by Crippen LogP contribution is -2.49. The van der Waals surface area contributed by atoms with Crippen LogP contribution in [0.25, 0.3) is 11.3 Å². The summed E-state index contributed by atoms with van der Waals surface area (Å²) < 4.78 is 0. The number of hydrogen-bond donors (Lipinski definition) is 2. The lowest BCUT2D eigenvalue weighted by atomic mass is 10.1. The largest absolute Gasteiger partial charge is 0.508 e. The Morgan fingerprint density at radius 3 is 2.50 bits per heavy atom. The average Bonchev–Trinajstić information content (AvgIpc) is 3.19. The number of nitrogens with one attached hydrogen (secondary N) is 1. The number of aromatic hydroxyl groups is 1. The van der Waals surface area contributed by atoms with Crippen molar-refractivity contribution in [1.82, 2.24) is 20.1 Å². The van der Waals surface area contributed by atoms with Crippen LogP contribution in [-0.2, 0) is 0 Å². The summed E-state index contributed by atoms with van der Waals surface area (Å²) in [5, 5.41) is 16.4. The van der Waals surface area contributed by atoms with Crippen molar-refractivity contribution in [2.75, 3.05) is 31.1 Å². The molecule has 0 unspecified atom stereocenters. The highest BCUT2D eigenvalue weighted by atomic mass is 16.3. The van der Waals surface area contributed by atoms with Crippen molar-refractivity contribution in [1.29, 1.82) is 0 Å². The number of aromatic nitrogens is 3. The van der Waals surface area contributed by atoms with Gasteiger partial charge in [0.25, 0.3) is 5.91 Å². The second-order valence-electron chi connectivity index (χ2n) is 6.18. The average molecular weight is 349 g/mol. The first kappa shape index (κ1) is 16.1. The third-order valence-electron chi connectivity index (χ3n) is 4.51. The van der Waals surface area contributed by atoms with Crippen LogP contribution >= 0.6 is 0 Å². The van der Waals surface area contributed by atoms with E-state index in [2.05, 4.69) is 20.1 Å². The molecule has 4 rings (SSSR count). The van der Waals surface area contributed by atoms with Gasteiger partial charge >= 0.3 is 0 Å². The van der Waals surface area contributed by atoms with Gasteiger partial charge in [-0.3, -0.25) is 9.89 Å². The summed E-state index contributed by atoms with van der Waals surface area (Å²) in [6.07, 6.45) is 1.78. The molecule has 0 saturated carbocycles. The summed E-state index contributed by atoms with van der Waals surface area (Å²) in [7, 11) is 0. The first-order valence-electron chi connectivity index (χ1n) is 8.51. The van der Waals surface area contributed by atoms with E-state index in [0.29, 0.717) is 24.5 Å². The third-order valence-corrected chi connectivity index (χ3v) is 4.51. The Kier molecular flexibility index (Phi) is 4.27. The minimum atomic E-state index is -0.0526. The second-order valence-corrected chi connectivity index (χ2v) is 6.18. The lowest BCUT2D eigenvalue weighted by Gasteiger charge is -2.35. The molecule has 0 spiro atoms. The van der Waals surface area contributed by atoms with Crippen LogP contribution in [0, 0.1) is 0 Å². The third kappa shape index (κ3) is 3.23. The number of rotatable bonds is 3. The van der Waals surface area contributed by atoms with Crippen molar-refractivity contribution in [3.8, 4) is 17.0 Å². The van der Waals surface area contributed by atoms with Crippen molar-refractivity contribution >= 4 is 11.7 Å². The lowest BCUT2D eigenvalue weighted by molar-refractivity contribution is 0.0740. The van der Waals surface area contributed by atoms with E-state index in [1.165, 1.54) is 0 Å². The monoisotopic (exact) mass is 349 g/mol. The summed E-state index contributed by atoms with van der Waals surface area (Å²) in [5.74, 6) is 1.09. The highest BCUT2D eigenvalue weighted by Crippen LogP contribution is 2.21. The molecular formula is C19H19N5O2. The molecule has 132 valence electrons. The smallest absolute Gasteiger partial charge is 0.272 e. The van der Waals surface area contributed by atoms with Crippen LogP contribution < -0.4 is 4.90 Å². The molecule has 1 aromatic carbocycles. The first-order valence-corrected chi connectivity index (χ1v) is 8.51. The zero-order chi connectivity index (χ0) is 17.9. The number of piperazine rings is 1. The number of H-pyrrole nitrogens is 1. The number of benzene rings is 1. The molecule has 3 heterocycles. The van der Waals surface area contributed by atoms with E-state index in [1.54, 1.807) is 36.5 Å². The van der Waals surface area contributed by atoms with E-state index in [1.807, 2.05) is 23.1 Å². The molecule has 0 atom stereocenters. The molecular weight excluding hydrogens is 330 g/mol. The number of amides is 1. The number of phenolic OH excluding ortho intramolecular Hbond substituents is 1. The predicted octanol–water partition coefficient (Wildman–Crippen LogP) is 2.14. The van der Waals surface area contributed by atoms with Gasteiger partial charge in [0.1, 0.15) is 17.3 Å². The van der Waals surface area contributed by atoms with E-state index in [4.69, 9.17) is 0 Å². The summed E-state index contributed by atoms with van der Waals surface area (Å²) >= 11 is 0. The number of hydrogen-bond acceptors (Lipinski definition) is 5. The fraction of sp³-hybridized carbons (Fsp3) is 0.211. The Morgan fingerprint density at radius 2 is 1.81 bits per heavy atom. The van der Waals surface area contributed by atoms with E-state index >= 15 is 0 Å². The van der Waals surface area contributed by atoms with Gasteiger partial charge in [-0.25, -0.2) is 4.98 Å². The minimum absolute atomic E-state index is 0.0526. The van der Waals surface area contributed by atoms with E-state index in [0.717, 1.165) is 24.5 Å². The molecule has 2 aromatic heterocycles. The van der Waals surface area contributed by atoms with E-state index in [9.17, 15) is 9.90 Å². The molecule has 7 nitrogen and oxygen atoms in total. The van der Waals surface area contributed by atoms with Gasteiger partial charge in [0.2, 0.25) is 0 Å². The van der Waals surface area contributed by atoms with Gasteiger partial charge < -0.3 is 14.9 Å². The molecule has 1 saturated heterocycles. The van der Waals surface area contributed by atoms with Crippen molar-refractivity contribution in [3.05, 3.63) is 60.4 Å². The molecule has 1 fully saturated rings. The summed E-state index contributed by atoms with van der Waals surface area (Å²) in [6.45, 7) is 2.79. The molecule has 1 aliphatic rings. The minimum Gasteiger partial charge on any atom is -0.508 e. The zero-order valence-electron chi connectivity index (χ0n) is 14.2. The summed E-state index contributed by atoms with van der Waals surface area (Å²) in [4.78, 5) is 21.1. The molecule has 2 N–H and O–H groups in total. The van der Waals surface area contributed by atoms with Crippen molar-refractivity contribution in [3.63, 3.8) is 0 Å². The Morgan fingerprint density at radius 1 is 1.04 bits per heavy atom. The van der Waals surface area contributed by atoms with Gasteiger partial charge in [0.15, 0.2) is 0 Å². The number of anilines is 1. The molecule has 0 bridgehead atoms. The zero-order valence-corrected chi connectivity index (χ0v) is 14.2. The second kappa shape index (κ2) is 6.87. The van der Waals surface area contributed by atoms with Gasteiger partial charge in [-0.1, -0.05) is 6.07 Å². The van der Waals surface area contributed by atoms with Gasteiger partial charge in [-0.15, -0.1) is 0 Å². The van der Waals surface area contributed by atoms with Crippen LogP contribution in [0.15, 0.2) is 54.7 Å². The quantitative estimate of drug-likeness (QED) is 0.757. The van der Waals surface area contributed by atoms with Crippen molar-refractivity contribution < 1.29 is 9.90 Å². The molecule has 1 aliphatic heterocycles. The predicted molar refractivity (Wildman–Crippen MR) is 98.0 cm³/mol. The molecule has 7 heteroatoms. The Hall–Kier alpha value is -3.35. The fourth-order valence-electron chi connectivity index (χ4n) is 3.06. The Balaban J connectivity index is 1.42. The highest BCUT2D eigenvalue weighted by molar-refractivity contribution is 5.93. The maximum absolute atomic E-state index is 12.7. The van der Waals surface area contributed by atoms with Gasteiger partial charge in [-0.2, -0.15) is 5.10 Å². The van der Waals surface area contributed by atoms with Crippen LogP contribution in [0.3, 0.4) is 0 Å². The highest BCUT2D eigenvalue weighted by Gasteiger charge is 2.24. The SMILES string of the molecule is O=C(c1cc(-c2ccc(O)cc2)n[nH]1)N1CCN(c2ccccn2)CC1. The van der Waals surface area contributed by atoms with E-state index in [-0.39, 0.29) is 11.7 Å². The van der Waals surface area contributed by atoms with Crippen LogP contribution in [0.2, 0.25) is 0 Å². The number of aromatic amines is 1. The number of pyridine rings is 1. The topological polar surface area (TPSA) is 85.3 Å². The van der Waals surface area contributed by atoms with Gasteiger partial charge in [-0.05, 0) is 42.5 Å². The van der Waals surface area contributed by atoms with Crippen LogP contribution in [0.5, 0.6) is 5.75 Å². The van der Waals surface area contributed by atoms with E-state index < -0.39 is 0 Å².